The van der Waals surface area contributed by atoms with Crippen LogP contribution in [-0.2, 0) is 0 Å². The molecule has 0 aliphatic rings. The smallest absolute Gasteiger partial charge is 0.136 e. The zero-order chi connectivity index (χ0) is 29.7. The number of rotatable bonds is 4. The predicted octanol–water partition coefficient (Wildman–Crippen LogP) is 12.0. The second-order valence-electron chi connectivity index (χ2n) is 11.5. The van der Waals surface area contributed by atoms with Gasteiger partial charge in [-0.2, -0.15) is 0 Å². The third-order valence-electron chi connectivity index (χ3n) is 8.85. The SMILES string of the molecule is c1ccc(-c2cc(-c3cccc4oc5ccc(-c6cccc7ccc8ccccc8c67)cc5c34)cc(-c3ccccc3)n2)cc1. The van der Waals surface area contributed by atoms with Crippen molar-refractivity contribution in [3.63, 3.8) is 0 Å². The van der Waals surface area contributed by atoms with Crippen LogP contribution >= 0.6 is 0 Å². The highest BCUT2D eigenvalue weighted by molar-refractivity contribution is 6.17. The van der Waals surface area contributed by atoms with Crippen molar-refractivity contribution in [2.45, 2.75) is 0 Å². The first kappa shape index (κ1) is 25.5. The highest BCUT2D eigenvalue weighted by Gasteiger charge is 2.17. The van der Waals surface area contributed by atoms with Gasteiger partial charge in [-0.05, 0) is 74.1 Å². The van der Waals surface area contributed by atoms with E-state index in [1.807, 2.05) is 12.1 Å². The Labute approximate surface area is 260 Å². The fraction of sp³-hybridized carbons (Fsp3) is 0. The summed E-state index contributed by atoms with van der Waals surface area (Å²) < 4.78 is 6.48. The molecule has 0 fully saturated rings. The molecule has 2 heteroatoms. The molecule has 7 aromatic carbocycles. The molecule has 2 heterocycles. The molecule has 9 rings (SSSR count). The third-order valence-corrected chi connectivity index (χ3v) is 8.85. The average molecular weight is 574 g/mol. The van der Waals surface area contributed by atoms with Gasteiger partial charge in [0.1, 0.15) is 11.2 Å². The molecule has 0 aliphatic heterocycles. The van der Waals surface area contributed by atoms with Crippen molar-refractivity contribution in [3.05, 3.63) is 164 Å². The standard InChI is InChI=1S/C43H27NO/c1-3-12-29(13-4-1)38-26-33(27-39(44-38)30-14-5-2-6-15-30)36-19-10-20-41-43(36)37-25-32(23-24-40(37)45-41)35-18-9-16-31-22-21-28-11-7-8-17-34(28)42(31)35/h1-27H. The molecule has 0 saturated heterocycles. The van der Waals surface area contributed by atoms with E-state index in [1.54, 1.807) is 0 Å². The summed E-state index contributed by atoms with van der Waals surface area (Å²) in [7, 11) is 0. The van der Waals surface area contributed by atoms with Crippen molar-refractivity contribution in [2.75, 3.05) is 0 Å². The summed E-state index contributed by atoms with van der Waals surface area (Å²) in [6.45, 7) is 0. The second-order valence-corrected chi connectivity index (χ2v) is 11.5. The van der Waals surface area contributed by atoms with Crippen LogP contribution in [0.15, 0.2) is 168 Å². The van der Waals surface area contributed by atoms with Crippen LogP contribution in [-0.4, -0.2) is 4.98 Å². The van der Waals surface area contributed by atoms with E-state index in [-0.39, 0.29) is 0 Å². The largest absolute Gasteiger partial charge is 0.456 e. The van der Waals surface area contributed by atoms with Crippen LogP contribution < -0.4 is 0 Å². The Morgan fingerprint density at radius 3 is 1.73 bits per heavy atom. The van der Waals surface area contributed by atoms with Gasteiger partial charge in [-0.25, -0.2) is 4.98 Å². The van der Waals surface area contributed by atoms with Gasteiger partial charge in [-0.15, -0.1) is 0 Å². The molecule has 2 nitrogen and oxygen atoms in total. The summed E-state index contributed by atoms with van der Waals surface area (Å²) in [6.07, 6.45) is 0. The van der Waals surface area contributed by atoms with Gasteiger partial charge in [0.05, 0.1) is 11.4 Å². The maximum Gasteiger partial charge on any atom is 0.136 e. The summed E-state index contributed by atoms with van der Waals surface area (Å²) in [6, 6.07) is 57.9. The van der Waals surface area contributed by atoms with Gasteiger partial charge in [-0.1, -0.05) is 133 Å². The second kappa shape index (κ2) is 10.3. The lowest BCUT2D eigenvalue weighted by Crippen LogP contribution is -1.91. The highest BCUT2D eigenvalue weighted by atomic mass is 16.3. The summed E-state index contributed by atoms with van der Waals surface area (Å²) in [5.74, 6) is 0. The van der Waals surface area contributed by atoms with Gasteiger partial charge in [0.15, 0.2) is 0 Å². The van der Waals surface area contributed by atoms with E-state index in [2.05, 4.69) is 152 Å². The third kappa shape index (κ3) is 4.30. The Morgan fingerprint density at radius 2 is 0.978 bits per heavy atom. The van der Waals surface area contributed by atoms with Gasteiger partial charge in [0, 0.05) is 21.9 Å². The lowest BCUT2D eigenvalue weighted by Gasteiger charge is -2.12. The van der Waals surface area contributed by atoms with E-state index in [0.717, 1.165) is 55.6 Å². The van der Waals surface area contributed by atoms with Crippen LogP contribution in [0.25, 0.3) is 88.3 Å². The van der Waals surface area contributed by atoms with Crippen LogP contribution in [0.1, 0.15) is 0 Å². The van der Waals surface area contributed by atoms with E-state index in [9.17, 15) is 0 Å². The minimum absolute atomic E-state index is 0.877. The van der Waals surface area contributed by atoms with Gasteiger partial charge >= 0.3 is 0 Å². The monoisotopic (exact) mass is 573 g/mol. The number of hydrogen-bond donors (Lipinski definition) is 0. The molecule has 0 N–H and O–H groups in total. The van der Waals surface area contributed by atoms with Crippen molar-refractivity contribution in [1.29, 1.82) is 0 Å². The highest BCUT2D eigenvalue weighted by Crippen LogP contribution is 2.42. The van der Waals surface area contributed by atoms with E-state index in [1.165, 1.54) is 32.7 Å². The van der Waals surface area contributed by atoms with Gasteiger partial charge < -0.3 is 4.42 Å². The molecule has 0 unspecified atom stereocenters. The molecule has 9 aromatic rings. The van der Waals surface area contributed by atoms with Gasteiger partial charge in [0.2, 0.25) is 0 Å². The molecule has 45 heavy (non-hydrogen) atoms. The maximum atomic E-state index is 6.48. The number of fused-ring (bicyclic) bond motifs is 6. The Morgan fingerprint density at radius 1 is 0.356 bits per heavy atom. The molecule has 2 aromatic heterocycles. The van der Waals surface area contributed by atoms with Gasteiger partial charge in [-0.3, -0.25) is 0 Å². The molecule has 0 atom stereocenters. The molecule has 0 spiro atoms. The first-order chi connectivity index (χ1) is 22.3. The molecule has 0 radical (unpaired) electrons. The summed E-state index contributed by atoms with van der Waals surface area (Å²) >= 11 is 0. The number of benzene rings is 7. The summed E-state index contributed by atoms with van der Waals surface area (Å²) in [4.78, 5) is 5.11. The fourth-order valence-corrected chi connectivity index (χ4v) is 6.73. The van der Waals surface area contributed by atoms with Crippen molar-refractivity contribution < 1.29 is 4.42 Å². The van der Waals surface area contributed by atoms with Crippen molar-refractivity contribution in [3.8, 4) is 44.8 Å². The first-order valence-corrected chi connectivity index (χ1v) is 15.3. The normalized spacial score (nSPS) is 11.6. The first-order valence-electron chi connectivity index (χ1n) is 15.3. The topological polar surface area (TPSA) is 26.0 Å². The number of aromatic nitrogens is 1. The number of hydrogen-bond acceptors (Lipinski definition) is 2. The van der Waals surface area contributed by atoms with Crippen LogP contribution in [0.2, 0.25) is 0 Å². The maximum absolute atomic E-state index is 6.48. The van der Waals surface area contributed by atoms with Crippen LogP contribution in [0, 0.1) is 0 Å². The number of furan rings is 1. The molecule has 0 aliphatic carbocycles. The van der Waals surface area contributed by atoms with E-state index < -0.39 is 0 Å². The van der Waals surface area contributed by atoms with Gasteiger partial charge in [0.25, 0.3) is 0 Å². The minimum Gasteiger partial charge on any atom is -0.456 e. The lowest BCUT2D eigenvalue weighted by molar-refractivity contribution is 0.669. The van der Waals surface area contributed by atoms with Crippen LogP contribution in [0.4, 0.5) is 0 Å². The molecular formula is C43H27NO. The minimum atomic E-state index is 0.877. The van der Waals surface area contributed by atoms with E-state index in [0.29, 0.717) is 0 Å². The Balaban J connectivity index is 1.30. The number of nitrogens with zero attached hydrogens (tertiary/aromatic N) is 1. The molecule has 0 saturated carbocycles. The average Bonchev–Trinajstić information content (AvgIpc) is 3.50. The Kier molecular flexibility index (Phi) is 5.85. The summed E-state index contributed by atoms with van der Waals surface area (Å²) in [5, 5.41) is 7.25. The summed E-state index contributed by atoms with van der Waals surface area (Å²) in [5.41, 5.74) is 10.5. The molecule has 0 bridgehead atoms. The zero-order valence-electron chi connectivity index (χ0n) is 24.4. The van der Waals surface area contributed by atoms with Crippen molar-refractivity contribution in [2.24, 2.45) is 0 Å². The molecule has 210 valence electrons. The van der Waals surface area contributed by atoms with Crippen molar-refractivity contribution in [1.82, 2.24) is 4.98 Å². The lowest BCUT2D eigenvalue weighted by atomic mass is 9.92. The quantitative estimate of drug-likeness (QED) is 0.196. The fourth-order valence-electron chi connectivity index (χ4n) is 6.73. The molecule has 0 amide bonds. The Bertz CT molecular complexity index is 2470. The van der Waals surface area contributed by atoms with Crippen LogP contribution in [0.3, 0.4) is 0 Å². The number of pyridine rings is 1. The predicted molar refractivity (Wildman–Crippen MR) is 188 cm³/mol. The van der Waals surface area contributed by atoms with Crippen molar-refractivity contribution >= 4 is 43.5 Å². The zero-order valence-corrected chi connectivity index (χ0v) is 24.4. The Hall–Kier alpha value is -5.99. The molecular weight excluding hydrogens is 546 g/mol. The van der Waals surface area contributed by atoms with Crippen LogP contribution in [0.5, 0.6) is 0 Å². The van der Waals surface area contributed by atoms with E-state index >= 15 is 0 Å². The van der Waals surface area contributed by atoms with E-state index in [4.69, 9.17) is 9.40 Å².